The highest BCUT2D eigenvalue weighted by molar-refractivity contribution is 7.05. The molecule has 0 radical (unpaired) electrons. The van der Waals surface area contributed by atoms with Crippen molar-refractivity contribution in [1.29, 1.82) is 0 Å². The van der Waals surface area contributed by atoms with Gasteiger partial charge >= 0.3 is 0 Å². The summed E-state index contributed by atoms with van der Waals surface area (Å²) in [7, 11) is 0. The molecule has 1 aliphatic rings. The third-order valence-corrected chi connectivity index (χ3v) is 5.09. The summed E-state index contributed by atoms with van der Waals surface area (Å²) in [6.45, 7) is 8.80. The molecule has 0 saturated carbocycles. The van der Waals surface area contributed by atoms with Crippen molar-refractivity contribution >= 4 is 17.4 Å². The highest BCUT2D eigenvalue weighted by Crippen LogP contribution is 2.30. The van der Waals surface area contributed by atoms with Crippen LogP contribution in [0.25, 0.3) is 0 Å². The van der Waals surface area contributed by atoms with Crippen LogP contribution in [-0.4, -0.2) is 27.0 Å². The van der Waals surface area contributed by atoms with Crippen molar-refractivity contribution in [2.24, 2.45) is 0 Å². The summed E-state index contributed by atoms with van der Waals surface area (Å²) in [5.41, 5.74) is 3.16. The fraction of sp³-hybridized carbons (Fsp3) is 0.353. The number of ether oxygens (including phenoxy) is 1. The van der Waals surface area contributed by atoms with Crippen LogP contribution in [0.1, 0.15) is 34.7 Å². The third kappa shape index (κ3) is 3.12. The lowest BCUT2D eigenvalue weighted by Gasteiger charge is -2.28. The molecule has 6 heteroatoms. The molecule has 120 valence electrons. The van der Waals surface area contributed by atoms with Gasteiger partial charge in [-0.1, -0.05) is 23.2 Å². The van der Waals surface area contributed by atoms with E-state index in [1.54, 1.807) is 4.90 Å². The number of rotatable bonds is 5. The van der Waals surface area contributed by atoms with Crippen molar-refractivity contribution in [2.75, 3.05) is 6.61 Å². The standard InChI is InChI=1S/C17H19N3O2S/c1-4-16(21)20(12(3)17-11(2)18-19-23-17)10-13-5-6-15-14(9-13)7-8-22-15/h4-6,9,12H,1,7-8,10H2,2-3H3. The molecule has 0 spiro atoms. The lowest BCUT2D eigenvalue weighted by Crippen LogP contribution is -2.31. The average molecular weight is 329 g/mol. The van der Waals surface area contributed by atoms with E-state index >= 15 is 0 Å². The Kier molecular flexibility index (Phi) is 4.43. The second kappa shape index (κ2) is 6.50. The number of aryl methyl sites for hydroxylation is 1. The maximum Gasteiger partial charge on any atom is 0.246 e. The molecule has 0 fully saturated rings. The molecule has 2 heterocycles. The first-order valence-corrected chi connectivity index (χ1v) is 8.34. The van der Waals surface area contributed by atoms with Crippen molar-refractivity contribution < 1.29 is 9.53 Å². The number of carbonyl (C=O) groups excluding carboxylic acids is 1. The van der Waals surface area contributed by atoms with Gasteiger partial charge in [-0.2, -0.15) is 0 Å². The number of benzene rings is 1. The highest BCUT2D eigenvalue weighted by atomic mass is 32.1. The molecule has 1 atom stereocenters. The number of aromatic nitrogens is 2. The predicted molar refractivity (Wildman–Crippen MR) is 89.4 cm³/mol. The Bertz CT molecular complexity index is 741. The SMILES string of the molecule is C=CC(=O)N(Cc1ccc2c(c1)CCO2)C(C)c1snnc1C. The Balaban J connectivity index is 1.86. The quantitative estimate of drug-likeness (QED) is 0.791. The van der Waals surface area contributed by atoms with E-state index in [-0.39, 0.29) is 11.9 Å². The zero-order valence-electron chi connectivity index (χ0n) is 13.3. The normalized spacial score (nSPS) is 14.0. The van der Waals surface area contributed by atoms with Crippen LogP contribution in [0.3, 0.4) is 0 Å². The van der Waals surface area contributed by atoms with Crippen LogP contribution in [0.4, 0.5) is 0 Å². The topological polar surface area (TPSA) is 55.3 Å². The summed E-state index contributed by atoms with van der Waals surface area (Å²) >= 11 is 1.34. The summed E-state index contributed by atoms with van der Waals surface area (Å²) in [5, 5.41) is 4.05. The molecule has 23 heavy (non-hydrogen) atoms. The van der Waals surface area contributed by atoms with E-state index in [1.807, 2.05) is 26.0 Å². The maximum atomic E-state index is 12.3. The molecule has 0 bridgehead atoms. The fourth-order valence-electron chi connectivity index (χ4n) is 2.82. The van der Waals surface area contributed by atoms with Crippen LogP contribution in [0, 0.1) is 6.92 Å². The van der Waals surface area contributed by atoms with E-state index in [1.165, 1.54) is 23.2 Å². The Morgan fingerprint density at radius 3 is 3.09 bits per heavy atom. The Hall–Kier alpha value is -2.21. The summed E-state index contributed by atoms with van der Waals surface area (Å²) in [6, 6.07) is 6.03. The van der Waals surface area contributed by atoms with Crippen molar-refractivity contribution in [2.45, 2.75) is 32.9 Å². The smallest absolute Gasteiger partial charge is 0.246 e. The van der Waals surface area contributed by atoms with Crippen molar-refractivity contribution in [3.05, 3.63) is 52.6 Å². The van der Waals surface area contributed by atoms with Crippen LogP contribution in [0.5, 0.6) is 5.75 Å². The van der Waals surface area contributed by atoms with Gasteiger partial charge in [-0.05, 0) is 48.6 Å². The lowest BCUT2D eigenvalue weighted by molar-refractivity contribution is -0.128. The van der Waals surface area contributed by atoms with Gasteiger partial charge in [0.1, 0.15) is 5.75 Å². The third-order valence-electron chi connectivity index (χ3n) is 4.10. The van der Waals surface area contributed by atoms with Gasteiger partial charge in [0.05, 0.1) is 23.2 Å². The van der Waals surface area contributed by atoms with Gasteiger partial charge in [-0.15, -0.1) is 5.10 Å². The second-order valence-electron chi connectivity index (χ2n) is 5.61. The van der Waals surface area contributed by atoms with Gasteiger partial charge in [0.2, 0.25) is 5.91 Å². The van der Waals surface area contributed by atoms with E-state index in [0.29, 0.717) is 6.54 Å². The minimum Gasteiger partial charge on any atom is -0.493 e. The monoisotopic (exact) mass is 329 g/mol. The number of hydrogen-bond acceptors (Lipinski definition) is 5. The predicted octanol–water partition coefficient (Wildman–Crippen LogP) is 3.06. The summed E-state index contributed by atoms with van der Waals surface area (Å²) in [6.07, 6.45) is 2.28. The largest absolute Gasteiger partial charge is 0.493 e. The first-order valence-electron chi connectivity index (χ1n) is 7.56. The lowest BCUT2D eigenvalue weighted by atomic mass is 10.1. The second-order valence-corrected chi connectivity index (χ2v) is 6.40. The van der Waals surface area contributed by atoms with Crippen LogP contribution in [0.2, 0.25) is 0 Å². The molecule has 0 aliphatic carbocycles. The van der Waals surface area contributed by atoms with Crippen molar-refractivity contribution in [3.8, 4) is 5.75 Å². The van der Waals surface area contributed by atoms with Crippen LogP contribution in [0.15, 0.2) is 30.9 Å². The molecule has 1 unspecified atom stereocenters. The molecule has 0 saturated heterocycles. The minimum atomic E-state index is -0.0953. The first-order chi connectivity index (χ1) is 11.1. The molecule has 1 aromatic carbocycles. The van der Waals surface area contributed by atoms with Crippen molar-refractivity contribution in [1.82, 2.24) is 14.5 Å². The molecular formula is C17H19N3O2S. The zero-order valence-corrected chi connectivity index (χ0v) is 14.1. The molecule has 1 amide bonds. The first kappa shape index (κ1) is 15.7. The molecule has 5 nitrogen and oxygen atoms in total. The summed E-state index contributed by atoms with van der Waals surface area (Å²) in [4.78, 5) is 15.1. The maximum absolute atomic E-state index is 12.3. The molecule has 1 aliphatic heterocycles. The fourth-order valence-corrected chi connectivity index (χ4v) is 3.52. The molecule has 3 rings (SSSR count). The summed E-state index contributed by atoms with van der Waals surface area (Å²) in [5.74, 6) is 0.855. The molecule has 1 aromatic heterocycles. The van der Waals surface area contributed by atoms with Gasteiger partial charge < -0.3 is 9.64 Å². The van der Waals surface area contributed by atoms with E-state index in [9.17, 15) is 4.79 Å². The van der Waals surface area contributed by atoms with Gasteiger partial charge in [0.15, 0.2) is 0 Å². The van der Waals surface area contributed by atoms with E-state index in [0.717, 1.165) is 34.9 Å². The van der Waals surface area contributed by atoms with E-state index in [4.69, 9.17) is 4.74 Å². The van der Waals surface area contributed by atoms with Gasteiger partial charge in [0, 0.05) is 13.0 Å². The summed E-state index contributed by atoms with van der Waals surface area (Å²) < 4.78 is 9.51. The molecular weight excluding hydrogens is 310 g/mol. The number of carbonyl (C=O) groups is 1. The molecule has 0 N–H and O–H groups in total. The highest BCUT2D eigenvalue weighted by Gasteiger charge is 2.24. The Labute approximate surface area is 139 Å². The zero-order chi connectivity index (χ0) is 16.4. The van der Waals surface area contributed by atoms with Gasteiger partial charge in [0.25, 0.3) is 0 Å². The molecule has 2 aromatic rings. The van der Waals surface area contributed by atoms with E-state index < -0.39 is 0 Å². The number of amides is 1. The number of fused-ring (bicyclic) bond motifs is 1. The van der Waals surface area contributed by atoms with Crippen molar-refractivity contribution in [3.63, 3.8) is 0 Å². The van der Waals surface area contributed by atoms with Gasteiger partial charge in [-0.3, -0.25) is 4.79 Å². The van der Waals surface area contributed by atoms with Gasteiger partial charge in [-0.25, -0.2) is 0 Å². The van der Waals surface area contributed by atoms with Crippen LogP contribution in [-0.2, 0) is 17.8 Å². The van der Waals surface area contributed by atoms with Crippen LogP contribution < -0.4 is 4.74 Å². The Morgan fingerprint density at radius 2 is 2.39 bits per heavy atom. The Morgan fingerprint density at radius 1 is 1.57 bits per heavy atom. The van der Waals surface area contributed by atoms with E-state index in [2.05, 4.69) is 22.2 Å². The van der Waals surface area contributed by atoms with Crippen LogP contribution >= 0.6 is 11.5 Å². The number of hydrogen-bond donors (Lipinski definition) is 0. The minimum absolute atomic E-state index is 0.0926. The number of nitrogens with zero attached hydrogens (tertiary/aromatic N) is 3. The average Bonchev–Trinajstić information content (AvgIpc) is 3.19.